The van der Waals surface area contributed by atoms with E-state index < -0.39 is 0 Å². The molecular weight excluding hydrogens is 218 g/mol. The molecule has 0 aromatic carbocycles. The molecular formula is C17H31N. The minimum Gasteiger partial charge on any atom is -0.306 e. The average Bonchev–Trinajstić information content (AvgIpc) is 2.25. The highest BCUT2D eigenvalue weighted by molar-refractivity contribution is 5.02. The van der Waals surface area contributed by atoms with Gasteiger partial charge in [-0.15, -0.1) is 0 Å². The lowest BCUT2D eigenvalue weighted by atomic mass is 9.49. The highest BCUT2D eigenvalue weighted by atomic mass is 15.1. The van der Waals surface area contributed by atoms with E-state index in [-0.39, 0.29) is 0 Å². The van der Waals surface area contributed by atoms with Crippen molar-refractivity contribution in [2.45, 2.75) is 58.8 Å². The fourth-order valence-electron chi connectivity index (χ4n) is 5.78. The van der Waals surface area contributed by atoms with Crippen molar-refractivity contribution >= 4 is 0 Å². The first-order chi connectivity index (χ1) is 8.58. The van der Waals surface area contributed by atoms with Gasteiger partial charge in [-0.05, 0) is 74.7 Å². The molecule has 1 unspecified atom stereocenters. The minimum atomic E-state index is 0.733. The van der Waals surface area contributed by atoms with E-state index in [4.69, 9.17) is 0 Å². The third-order valence-corrected chi connectivity index (χ3v) is 6.09. The first kappa shape index (κ1) is 13.0. The molecule has 104 valence electrons. The zero-order valence-electron chi connectivity index (χ0n) is 12.6. The van der Waals surface area contributed by atoms with E-state index in [1.165, 1.54) is 19.5 Å². The van der Waals surface area contributed by atoms with Gasteiger partial charge < -0.3 is 4.90 Å². The van der Waals surface area contributed by atoms with Crippen LogP contribution in [0.25, 0.3) is 0 Å². The molecule has 0 amide bonds. The standard InChI is InChI=1S/C17H31N/c1-4-13(2)11-18(3)12-17-8-14-5-15(9-17)7-16(6-14)10-17/h13-16H,4-12H2,1-3H3. The normalized spacial score (nSPS) is 43.7. The van der Waals surface area contributed by atoms with Gasteiger partial charge in [0.25, 0.3) is 0 Å². The van der Waals surface area contributed by atoms with Gasteiger partial charge >= 0.3 is 0 Å². The van der Waals surface area contributed by atoms with Crippen LogP contribution in [0.5, 0.6) is 0 Å². The van der Waals surface area contributed by atoms with Crippen LogP contribution in [0.15, 0.2) is 0 Å². The molecule has 18 heavy (non-hydrogen) atoms. The number of hydrogen-bond donors (Lipinski definition) is 0. The van der Waals surface area contributed by atoms with Gasteiger partial charge in [0.1, 0.15) is 0 Å². The molecule has 1 heteroatoms. The monoisotopic (exact) mass is 249 g/mol. The summed E-state index contributed by atoms with van der Waals surface area (Å²) in [5, 5.41) is 0. The summed E-state index contributed by atoms with van der Waals surface area (Å²) in [6.45, 7) is 7.42. The van der Waals surface area contributed by atoms with Gasteiger partial charge in [-0.3, -0.25) is 0 Å². The lowest BCUT2D eigenvalue weighted by Gasteiger charge is -2.57. The Balaban J connectivity index is 1.61. The first-order valence-corrected chi connectivity index (χ1v) is 8.27. The summed E-state index contributed by atoms with van der Waals surface area (Å²) in [4.78, 5) is 2.65. The van der Waals surface area contributed by atoms with Gasteiger partial charge in [-0.1, -0.05) is 20.3 Å². The Morgan fingerprint density at radius 1 is 1.06 bits per heavy atom. The Morgan fingerprint density at radius 2 is 1.56 bits per heavy atom. The van der Waals surface area contributed by atoms with Crippen LogP contribution in [0.3, 0.4) is 0 Å². The summed E-state index contributed by atoms with van der Waals surface area (Å²) in [7, 11) is 2.37. The molecule has 4 saturated carbocycles. The Bertz CT molecular complexity index is 261. The predicted octanol–water partition coefficient (Wildman–Crippen LogP) is 4.18. The predicted molar refractivity (Wildman–Crippen MR) is 77.6 cm³/mol. The molecule has 0 saturated heterocycles. The zero-order chi connectivity index (χ0) is 12.8. The van der Waals surface area contributed by atoms with Crippen molar-refractivity contribution in [3.8, 4) is 0 Å². The minimum absolute atomic E-state index is 0.733. The van der Waals surface area contributed by atoms with Crippen LogP contribution in [0, 0.1) is 29.1 Å². The maximum Gasteiger partial charge on any atom is 0.00353 e. The largest absolute Gasteiger partial charge is 0.306 e. The second-order valence-electron chi connectivity index (χ2n) is 8.13. The molecule has 0 aromatic heterocycles. The van der Waals surface area contributed by atoms with Crippen LogP contribution < -0.4 is 0 Å². The molecule has 1 nitrogen and oxygen atoms in total. The molecule has 0 radical (unpaired) electrons. The maximum absolute atomic E-state index is 2.65. The summed E-state index contributed by atoms with van der Waals surface area (Å²) in [6.07, 6.45) is 10.7. The Kier molecular flexibility index (Phi) is 3.47. The van der Waals surface area contributed by atoms with Crippen LogP contribution in [0.2, 0.25) is 0 Å². The van der Waals surface area contributed by atoms with Crippen LogP contribution in [-0.4, -0.2) is 25.0 Å². The van der Waals surface area contributed by atoms with Gasteiger partial charge in [0.05, 0.1) is 0 Å². The van der Waals surface area contributed by atoms with E-state index in [1.807, 2.05) is 0 Å². The molecule has 0 spiro atoms. The van der Waals surface area contributed by atoms with Crippen molar-refractivity contribution in [3.05, 3.63) is 0 Å². The Morgan fingerprint density at radius 3 is 2.00 bits per heavy atom. The SMILES string of the molecule is CCC(C)CN(C)CC12CC3CC(CC(C3)C1)C2. The Labute approximate surface area is 113 Å². The summed E-state index contributed by atoms with van der Waals surface area (Å²) < 4.78 is 0. The number of nitrogens with zero attached hydrogens (tertiary/aromatic N) is 1. The zero-order valence-corrected chi connectivity index (χ0v) is 12.6. The quantitative estimate of drug-likeness (QED) is 0.706. The fourth-order valence-corrected chi connectivity index (χ4v) is 5.78. The molecule has 4 rings (SSSR count). The van der Waals surface area contributed by atoms with E-state index in [0.717, 1.165) is 29.1 Å². The van der Waals surface area contributed by atoms with Gasteiger partial charge in [0.15, 0.2) is 0 Å². The molecule has 4 bridgehead atoms. The molecule has 4 aliphatic carbocycles. The van der Waals surface area contributed by atoms with E-state index in [9.17, 15) is 0 Å². The van der Waals surface area contributed by atoms with Crippen LogP contribution in [0.1, 0.15) is 58.8 Å². The number of rotatable bonds is 5. The van der Waals surface area contributed by atoms with Gasteiger partial charge in [0.2, 0.25) is 0 Å². The average molecular weight is 249 g/mol. The van der Waals surface area contributed by atoms with Crippen molar-refractivity contribution in [2.24, 2.45) is 29.1 Å². The molecule has 0 heterocycles. The highest BCUT2D eigenvalue weighted by Gasteiger charge is 2.50. The Hall–Kier alpha value is -0.0400. The highest BCUT2D eigenvalue weighted by Crippen LogP contribution is 2.60. The van der Waals surface area contributed by atoms with Crippen molar-refractivity contribution < 1.29 is 0 Å². The lowest BCUT2D eigenvalue weighted by Crippen LogP contribution is -2.51. The van der Waals surface area contributed by atoms with E-state index in [0.29, 0.717) is 0 Å². The van der Waals surface area contributed by atoms with Crippen molar-refractivity contribution in [3.63, 3.8) is 0 Å². The summed E-state index contributed by atoms with van der Waals surface area (Å²) in [6, 6.07) is 0. The van der Waals surface area contributed by atoms with E-state index in [2.05, 4.69) is 25.8 Å². The van der Waals surface area contributed by atoms with Crippen LogP contribution >= 0.6 is 0 Å². The number of hydrogen-bond acceptors (Lipinski definition) is 1. The summed E-state index contributed by atoms with van der Waals surface area (Å²) in [5.74, 6) is 4.18. The van der Waals surface area contributed by atoms with Gasteiger partial charge in [0, 0.05) is 13.1 Å². The van der Waals surface area contributed by atoms with E-state index >= 15 is 0 Å². The maximum atomic E-state index is 2.65. The van der Waals surface area contributed by atoms with Crippen LogP contribution in [-0.2, 0) is 0 Å². The second-order valence-corrected chi connectivity index (χ2v) is 8.13. The molecule has 4 fully saturated rings. The molecule has 0 aromatic rings. The molecule has 0 aliphatic heterocycles. The second kappa shape index (κ2) is 4.81. The van der Waals surface area contributed by atoms with E-state index in [1.54, 1.807) is 38.5 Å². The third-order valence-electron chi connectivity index (χ3n) is 6.09. The fraction of sp³-hybridized carbons (Fsp3) is 1.00. The van der Waals surface area contributed by atoms with Crippen molar-refractivity contribution in [2.75, 3.05) is 20.1 Å². The lowest BCUT2D eigenvalue weighted by molar-refractivity contribution is -0.0672. The molecule has 0 N–H and O–H groups in total. The first-order valence-electron chi connectivity index (χ1n) is 8.27. The van der Waals surface area contributed by atoms with Gasteiger partial charge in [-0.2, -0.15) is 0 Å². The smallest absolute Gasteiger partial charge is 0.00353 e. The summed E-state index contributed by atoms with van der Waals surface area (Å²) >= 11 is 0. The third kappa shape index (κ3) is 2.48. The van der Waals surface area contributed by atoms with Crippen molar-refractivity contribution in [1.29, 1.82) is 0 Å². The molecule has 4 aliphatic rings. The van der Waals surface area contributed by atoms with Gasteiger partial charge in [-0.25, -0.2) is 0 Å². The molecule has 1 atom stereocenters. The topological polar surface area (TPSA) is 3.24 Å². The van der Waals surface area contributed by atoms with Crippen LogP contribution in [0.4, 0.5) is 0 Å². The summed E-state index contributed by atoms with van der Waals surface area (Å²) in [5.41, 5.74) is 0.733. The van der Waals surface area contributed by atoms with Crippen molar-refractivity contribution in [1.82, 2.24) is 4.90 Å².